The minimum atomic E-state index is -4.41. The van der Waals surface area contributed by atoms with Crippen LogP contribution in [0.5, 0.6) is 11.6 Å². The van der Waals surface area contributed by atoms with Crippen LogP contribution in [0.25, 0.3) is 0 Å². The molecular weight excluding hydrogens is 237 g/mol. The van der Waals surface area contributed by atoms with Gasteiger partial charge in [-0.05, 0) is 18.6 Å². The van der Waals surface area contributed by atoms with E-state index < -0.39 is 12.8 Å². The molecule has 2 N–H and O–H groups in total. The number of pyridine rings is 1. The maximum Gasteiger partial charge on any atom is 0.422 e. The van der Waals surface area contributed by atoms with Gasteiger partial charge in [0.1, 0.15) is 0 Å². The third-order valence-electron chi connectivity index (χ3n) is 1.96. The number of alkyl halides is 3. The molecule has 4 nitrogen and oxygen atoms in total. The van der Waals surface area contributed by atoms with E-state index in [-0.39, 0.29) is 17.7 Å². The van der Waals surface area contributed by atoms with Crippen LogP contribution in [0.3, 0.4) is 0 Å². The van der Waals surface area contributed by atoms with Crippen molar-refractivity contribution >= 4 is 0 Å². The van der Waals surface area contributed by atoms with Gasteiger partial charge in [0.25, 0.3) is 5.88 Å². The molecule has 0 fully saturated rings. The summed E-state index contributed by atoms with van der Waals surface area (Å²) in [6, 6.07) is 1.22. The second kappa shape index (κ2) is 5.22. The van der Waals surface area contributed by atoms with Crippen LogP contribution in [-0.4, -0.2) is 24.9 Å². The van der Waals surface area contributed by atoms with Crippen molar-refractivity contribution < 1.29 is 22.6 Å². The predicted molar refractivity (Wildman–Crippen MR) is 54.9 cm³/mol. The van der Waals surface area contributed by atoms with Gasteiger partial charge >= 0.3 is 6.18 Å². The van der Waals surface area contributed by atoms with Crippen molar-refractivity contribution in [3.05, 3.63) is 17.8 Å². The third kappa shape index (κ3) is 4.10. The molecule has 96 valence electrons. The molecule has 0 unspecified atom stereocenters. The van der Waals surface area contributed by atoms with Crippen molar-refractivity contribution in [2.24, 2.45) is 5.73 Å². The molecule has 1 aromatic rings. The van der Waals surface area contributed by atoms with Gasteiger partial charge in [-0.2, -0.15) is 13.2 Å². The summed E-state index contributed by atoms with van der Waals surface area (Å²) in [6.07, 6.45) is -3.05. The summed E-state index contributed by atoms with van der Waals surface area (Å²) in [5.74, 6) is -0.0710. The van der Waals surface area contributed by atoms with Crippen molar-refractivity contribution in [3.63, 3.8) is 0 Å². The number of hydrogen-bond acceptors (Lipinski definition) is 4. The first-order valence-electron chi connectivity index (χ1n) is 4.82. The van der Waals surface area contributed by atoms with Gasteiger partial charge in [-0.15, -0.1) is 0 Å². The molecular formula is C10H13F3N2O2. The summed E-state index contributed by atoms with van der Waals surface area (Å²) >= 11 is 0. The first kappa shape index (κ1) is 13.6. The first-order chi connectivity index (χ1) is 7.83. The Hall–Kier alpha value is -1.50. The highest BCUT2D eigenvalue weighted by molar-refractivity contribution is 5.37. The molecule has 0 aliphatic carbocycles. The van der Waals surface area contributed by atoms with Gasteiger partial charge in [-0.25, -0.2) is 4.98 Å². The molecule has 1 heterocycles. The zero-order valence-electron chi connectivity index (χ0n) is 9.41. The molecule has 0 aliphatic heterocycles. The fraction of sp³-hybridized carbons (Fsp3) is 0.500. The average molecular weight is 250 g/mol. The lowest BCUT2D eigenvalue weighted by Crippen LogP contribution is -2.20. The molecule has 0 amide bonds. The summed E-state index contributed by atoms with van der Waals surface area (Å²) < 4.78 is 45.3. The molecule has 0 radical (unpaired) electrons. The van der Waals surface area contributed by atoms with E-state index in [1.807, 2.05) is 0 Å². The highest BCUT2D eigenvalue weighted by atomic mass is 19.4. The molecule has 0 spiro atoms. The highest BCUT2D eigenvalue weighted by Crippen LogP contribution is 2.28. The summed E-state index contributed by atoms with van der Waals surface area (Å²) in [6.45, 7) is 0.320. The van der Waals surface area contributed by atoms with Gasteiger partial charge in [0.15, 0.2) is 12.4 Å². The van der Waals surface area contributed by atoms with Crippen LogP contribution < -0.4 is 15.2 Å². The number of nitrogens with zero attached hydrogens (tertiary/aromatic N) is 1. The topological polar surface area (TPSA) is 57.4 Å². The van der Waals surface area contributed by atoms with E-state index in [1.165, 1.54) is 19.4 Å². The standard InChI is InChI=1S/C10H13F3N2O2/c1-6(14)7-3-8(16-2)9(15-4-7)17-5-10(11,12)13/h3-4,6H,5,14H2,1-2H3/t6-/m1/s1. The molecule has 1 rings (SSSR count). The van der Waals surface area contributed by atoms with Gasteiger partial charge in [0, 0.05) is 12.2 Å². The number of nitrogens with two attached hydrogens (primary N) is 1. The van der Waals surface area contributed by atoms with Gasteiger partial charge < -0.3 is 15.2 Å². The monoisotopic (exact) mass is 250 g/mol. The van der Waals surface area contributed by atoms with Crippen molar-refractivity contribution in [1.29, 1.82) is 0 Å². The normalized spacial score (nSPS) is 13.3. The third-order valence-corrected chi connectivity index (χ3v) is 1.96. The predicted octanol–water partition coefficient (Wildman–Crippen LogP) is 2.05. The van der Waals surface area contributed by atoms with E-state index in [9.17, 15) is 13.2 Å². The van der Waals surface area contributed by atoms with Gasteiger partial charge in [0.05, 0.1) is 7.11 Å². The van der Waals surface area contributed by atoms with E-state index in [2.05, 4.69) is 9.72 Å². The Morgan fingerprint density at radius 1 is 1.47 bits per heavy atom. The smallest absolute Gasteiger partial charge is 0.422 e. The number of aromatic nitrogens is 1. The van der Waals surface area contributed by atoms with Crippen molar-refractivity contribution in [3.8, 4) is 11.6 Å². The number of methoxy groups -OCH3 is 1. The minimum Gasteiger partial charge on any atom is -0.491 e. The van der Waals surface area contributed by atoms with Crippen molar-refractivity contribution in [1.82, 2.24) is 4.98 Å². The Labute approximate surface area is 96.5 Å². The number of halogens is 3. The molecule has 0 aromatic carbocycles. The van der Waals surface area contributed by atoms with Crippen LogP contribution in [0, 0.1) is 0 Å². The summed E-state index contributed by atoms with van der Waals surface area (Å²) in [5.41, 5.74) is 6.27. The largest absolute Gasteiger partial charge is 0.491 e. The Morgan fingerprint density at radius 2 is 2.12 bits per heavy atom. The van der Waals surface area contributed by atoms with E-state index in [0.717, 1.165) is 0 Å². The molecule has 0 saturated carbocycles. The molecule has 0 saturated heterocycles. The average Bonchev–Trinajstić information content (AvgIpc) is 2.24. The molecule has 0 bridgehead atoms. The lowest BCUT2D eigenvalue weighted by atomic mass is 10.1. The van der Waals surface area contributed by atoms with Gasteiger partial charge in [-0.3, -0.25) is 0 Å². The maximum absolute atomic E-state index is 12.0. The van der Waals surface area contributed by atoms with Crippen LogP contribution in [0.4, 0.5) is 13.2 Å². The Bertz CT molecular complexity index is 380. The number of hydrogen-bond donors (Lipinski definition) is 1. The SMILES string of the molecule is COc1cc([C@@H](C)N)cnc1OCC(F)(F)F. The zero-order chi connectivity index (χ0) is 13.1. The maximum atomic E-state index is 12.0. The first-order valence-corrected chi connectivity index (χ1v) is 4.82. The Kier molecular flexibility index (Phi) is 4.17. The van der Waals surface area contributed by atoms with Crippen LogP contribution in [0.15, 0.2) is 12.3 Å². The second-order valence-electron chi connectivity index (χ2n) is 3.47. The Balaban J connectivity index is 2.86. The lowest BCUT2D eigenvalue weighted by Gasteiger charge is -2.13. The fourth-order valence-electron chi connectivity index (χ4n) is 1.10. The summed E-state index contributed by atoms with van der Waals surface area (Å²) in [5, 5.41) is 0. The fourth-order valence-corrected chi connectivity index (χ4v) is 1.10. The molecule has 1 atom stereocenters. The number of rotatable bonds is 4. The molecule has 1 aromatic heterocycles. The second-order valence-corrected chi connectivity index (χ2v) is 3.47. The van der Waals surface area contributed by atoms with Crippen LogP contribution in [-0.2, 0) is 0 Å². The highest BCUT2D eigenvalue weighted by Gasteiger charge is 2.29. The summed E-state index contributed by atoms with van der Waals surface area (Å²) in [7, 11) is 1.32. The molecule has 7 heteroatoms. The van der Waals surface area contributed by atoms with E-state index in [0.29, 0.717) is 5.56 Å². The summed E-state index contributed by atoms with van der Waals surface area (Å²) in [4.78, 5) is 3.75. The van der Waals surface area contributed by atoms with Crippen LogP contribution in [0.1, 0.15) is 18.5 Å². The zero-order valence-corrected chi connectivity index (χ0v) is 9.41. The van der Waals surface area contributed by atoms with Crippen LogP contribution >= 0.6 is 0 Å². The van der Waals surface area contributed by atoms with Crippen LogP contribution in [0.2, 0.25) is 0 Å². The molecule has 17 heavy (non-hydrogen) atoms. The van der Waals surface area contributed by atoms with E-state index in [4.69, 9.17) is 10.5 Å². The van der Waals surface area contributed by atoms with Gasteiger partial charge in [-0.1, -0.05) is 0 Å². The molecule has 0 aliphatic rings. The van der Waals surface area contributed by atoms with Crippen molar-refractivity contribution in [2.75, 3.05) is 13.7 Å². The van der Waals surface area contributed by atoms with E-state index >= 15 is 0 Å². The quantitative estimate of drug-likeness (QED) is 0.888. The minimum absolute atomic E-state index is 0.129. The lowest BCUT2D eigenvalue weighted by molar-refractivity contribution is -0.154. The van der Waals surface area contributed by atoms with Gasteiger partial charge in [0.2, 0.25) is 0 Å². The number of ether oxygens (including phenoxy) is 2. The van der Waals surface area contributed by atoms with Crippen molar-refractivity contribution in [2.45, 2.75) is 19.1 Å². The Morgan fingerprint density at radius 3 is 2.59 bits per heavy atom. The van der Waals surface area contributed by atoms with E-state index in [1.54, 1.807) is 6.92 Å².